The van der Waals surface area contributed by atoms with Crippen LogP contribution >= 0.6 is 11.8 Å². The molecule has 1 aliphatic rings. The largest absolute Gasteiger partial charge is 0.390 e. The summed E-state index contributed by atoms with van der Waals surface area (Å²) in [6, 6.07) is 0. The van der Waals surface area contributed by atoms with E-state index < -0.39 is 0 Å². The van der Waals surface area contributed by atoms with Gasteiger partial charge < -0.3 is 9.84 Å². The lowest BCUT2D eigenvalue weighted by Crippen LogP contribution is -2.26. The third kappa shape index (κ3) is 1.85. The van der Waals surface area contributed by atoms with Gasteiger partial charge in [0.1, 0.15) is 0 Å². The van der Waals surface area contributed by atoms with Crippen molar-refractivity contribution < 1.29 is 9.84 Å². The Morgan fingerprint density at radius 1 is 1.67 bits per heavy atom. The summed E-state index contributed by atoms with van der Waals surface area (Å²) in [4.78, 5) is 0. The zero-order valence-corrected chi connectivity index (χ0v) is 6.36. The van der Waals surface area contributed by atoms with Crippen LogP contribution in [-0.2, 0) is 4.74 Å². The first-order chi connectivity index (χ1) is 4.34. The fourth-order valence-corrected chi connectivity index (χ4v) is 2.04. The summed E-state index contributed by atoms with van der Waals surface area (Å²) in [7, 11) is 0. The van der Waals surface area contributed by atoms with Crippen molar-refractivity contribution in [2.24, 2.45) is 0 Å². The lowest BCUT2D eigenvalue weighted by atomic mass is 10.3. The van der Waals surface area contributed by atoms with E-state index in [1.54, 1.807) is 11.8 Å². The van der Waals surface area contributed by atoms with Crippen molar-refractivity contribution in [1.29, 1.82) is 0 Å². The van der Waals surface area contributed by atoms with Crippen LogP contribution in [0.2, 0.25) is 0 Å². The van der Waals surface area contributed by atoms with Gasteiger partial charge >= 0.3 is 0 Å². The van der Waals surface area contributed by atoms with Crippen LogP contribution in [0.25, 0.3) is 0 Å². The van der Waals surface area contributed by atoms with Crippen LogP contribution in [0.3, 0.4) is 0 Å². The number of rotatable bonds is 2. The van der Waals surface area contributed by atoms with Crippen molar-refractivity contribution in [1.82, 2.24) is 0 Å². The van der Waals surface area contributed by atoms with Crippen molar-refractivity contribution >= 4 is 11.8 Å². The first-order valence-electron chi connectivity index (χ1n) is 3.22. The van der Waals surface area contributed by atoms with Gasteiger partial charge in [-0.15, -0.1) is 0 Å². The molecule has 3 heteroatoms. The molecule has 0 aliphatic carbocycles. The molecule has 1 fully saturated rings. The minimum Gasteiger partial charge on any atom is -0.390 e. The summed E-state index contributed by atoms with van der Waals surface area (Å²) in [6.45, 7) is 2.66. The van der Waals surface area contributed by atoms with Crippen molar-refractivity contribution in [3.8, 4) is 0 Å². The summed E-state index contributed by atoms with van der Waals surface area (Å²) < 4.78 is 5.24. The fourth-order valence-electron chi connectivity index (χ4n) is 0.897. The predicted octanol–water partition coefficient (Wildman–Crippen LogP) is 0.499. The lowest BCUT2D eigenvalue weighted by Gasteiger charge is -2.11. The molecule has 2 unspecified atom stereocenters. The molecule has 1 N–H and O–H groups in total. The molecule has 1 saturated heterocycles. The summed E-state index contributed by atoms with van der Waals surface area (Å²) in [5.74, 6) is 1.79. The van der Waals surface area contributed by atoms with Crippen LogP contribution in [-0.4, -0.2) is 35.4 Å². The molecule has 0 aromatic rings. The van der Waals surface area contributed by atoms with Gasteiger partial charge in [0, 0.05) is 18.1 Å². The summed E-state index contributed by atoms with van der Waals surface area (Å²) in [6.07, 6.45) is -0.130. The number of hydrogen-bond donors (Lipinski definition) is 1. The van der Waals surface area contributed by atoms with Gasteiger partial charge in [0.25, 0.3) is 0 Å². The third-order valence-electron chi connectivity index (χ3n) is 1.38. The van der Waals surface area contributed by atoms with Gasteiger partial charge in [-0.25, -0.2) is 0 Å². The zero-order valence-electron chi connectivity index (χ0n) is 5.54. The molecule has 1 rings (SSSR count). The monoisotopic (exact) mass is 148 g/mol. The average Bonchev–Trinajstić information content (AvgIpc) is 2.18. The Bertz CT molecular complexity index is 87.1. The van der Waals surface area contributed by atoms with E-state index in [0.717, 1.165) is 11.5 Å². The quantitative estimate of drug-likeness (QED) is 0.618. The molecule has 0 aromatic heterocycles. The highest BCUT2D eigenvalue weighted by Crippen LogP contribution is 2.20. The Hall–Kier alpha value is 0.270. The highest BCUT2D eigenvalue weighted by atomic mass is 32.2. The molecule has 2 nitrogen and oxygen atoms in total. The summed E-state index contributed by atoms with van der Waals surface area (Å²) in [5.41, 5.74) is 0. The van der Waals surface area contributed by atoms with E-state index in [1.807, 2.05) is 6.92 Å². The highest BCUT2D eigenvalue weighted by molar-refractivity contribution is 7.99. The third-order valence-corrected chi connectivity index (χ3v) is 2.52. The summed E-state index contributed by atoms with van der Waals surface area (Å²) in [5, 5.41) is 9.17. The normalized spacial score (nSPS) is 35.3. The minimum atomic E-state index is -0.227. The molecule has 0 spiro atoms. The van der Waals surface area contributed by atoms with E-state index in [0.29, 0.717) is 6.61 Å². The average molecular weight is 148 g/mol. The van der Waals surface area contributed by atoms with Gasteiger partial charge in [0.2, 0.25) is 0 Å². The van der Waals surface area contributed by atoms with Gasteiger partial charge in [-0.05, 0) is 6.92 Å². The van der Waals surface area contributed by atoms with Gasteiger partial charge in [0.05, 0.1) is 12.2 Å². The number of hydrogen-bond acceptors (Lipinski definition) is 3. The molecule has 0 radical (unpaired) electrons. The van der Waals surface area contributed by atoms with Crippen molar-refractivity contribution in [2.75, 3.05) is 18.1 Å². The zero-order chi connectivity index (χ0) is 6.69. The number of aliphatic hydroxyl groups is 1. The molecule has 0 amide bonds. The molecule has 0 aromatic carbocycles. The highest BCUT2D eigenvalue weighted by Gasteiger charge is 2.25. The second kappa shape index (κ2) is 3.44. The molecule has 9 heavy (non-hydrogen) atoms. The van der Waals surface area contributed by atoms with Crippen LogP contribution in [0.4, 0.5) is 0 Å². The van der Waals surface area contributed by atoms with E-state index in [1.165, 1.54) is 0 Å². The molecule has 1 aliphatic heterocycles. The van der Waals surface area contributed by atoms with E-state index in [2.05, 4.69) is 0 Å². The van der Waals surface area contributed by atoms with E-state index in [4.69, 9.17) is 4.74 Å². The number of thioether (sulfide) groups is 1. The number of aliphatic hydroxyl groups excluding tert-OH is 1. The Labute approximate surface area is 59.6 Å². The second-order valence-corrected chi connectivity index (χ2v) is 3.17. The SMILES string of the molecule is CCOC1CSCC1O. The maximum Gasteiger partial charge on any atom is 0.0931 e. The summed E-state index contributed by atoms with van der Waals surface area (Å²) >= 11 is 1.76. The van der Waals surface area contributed by atoms with E-state index in [-0.39, 0.29) is 12.2 Å². The van der Waals surface area contributed by atoms with Crippen LogP contribution in [0, 0.1) is 0 Å². The topological polar surface area (TPSA) is 29.5 Å². The number of ether oxygens (including phenoxy) is 1. The van der Waals surface area contributed by atoms with Gasteiger partial charge in [-0.3, -0.25) is 0 Å². The molecular formula is C6H12O2S. The lowest BCUT2D eigenvalue weighted by molar-refractivity contribution is -0.00170. The van der Waals surface area contributed by atoms with Crippen LogP contribution in [0.1, 0.15) is 6.92 Å². The van der Waals surface area contributed by atoms with Gasteiger partial charge in [-0.1, -0.05) is 0 Å². The van der Waals surface area contributed by atoms with Crippen LogP contribution in [0.5, 0.6) is 0 Å². The van der Waals surface area contributed by atoms with Gasteiger partial charge in [0.15, 0.2) is 0 Å². The maximum absolute atomic E-state index is 9.17. The Kier molecular flexibility index (Phi) is 2.82. The van der Waals surface area contributed by atoms with Crippen molar-refractivity contribution in [3.05, 3.63) is 0 Å². The maximum atomic E-state index is 9.17. The van der Waals surface area contributed by atoms with Crippen molar-refractivity contribution in [2.45, 2.75) is 19.1 Å². The van der Waals surface area contributed by atoms with Crippen LogP contribution < -0.4 is 0 Å². The molecule has 0 bridgehead atoms. The standard InChI is InChI=1S/C6H12O2S/c1-2-8-6-4-9-3-5(6)7/h5-7H,2-4H2,1H3. The van der Waals surface area contributed by atoms with E-state index >= 15 is 0 Å². The molecule has 54 valence electrons. The first kappa shape index (κ1) is 7.38. The Morgan fingerprint density at radius 2 is 2.44 bits per heavy atom. The second-order valence-electron chi connectivity index (χ2n) is 2.10. The van der Waals surface area contributed by atoms with E-state index in [9.17, 15) is 5.11 Å². The van der Waals surface area contributed by atoms with Gasteiger partial charge in [-0.2, -0.15) is 11.8 Å². The molecule has 1 heterocycles. The van der Waals surface area contributed by atoms with Crippen LogP contribution in [0.15, 0.2) is 0 Å². The van der Waals surface area contributed by atoms with Crippen molar-refractivity contribution in [3.63, 3.8) is 0 Å². The molecule has 2 atom stereocenters. The minimum absolute atomic E-state index is 0.0972. The first-order valence-corrected chi connectivity index (χ1v) is 4.37. The Balaban J connectivity index is 2.22. The fraction of sp³-hybridized carbons (Fsp3) is 1.00. The Morgan fingerprint density at radius 3 is 2.89 bits per heavy atom. The smallest absolute Gasteiger partial charge is 0.0931 e. The molecule has 0 saturated carbocycles. The predicted molar refractivity (Wildman–Crippen MR) is 38.7 cm³/mol. The molecular weight excluding hydrogens is 136 g/mol.